The molecule has 1 aliphatic rings. The Morgan fingerprint density at radius 2 is 1.52 bits per heavy atom. The molecule has 5 nitrogen and oxygen atoms in total. The van der Waals surface area contributed by atoms with Gasteiger partial charge in [0.1, 0.15) is 12.6 Å². The van der Waals surface area contributed by atoms with Crippen LogP contribution in [0.2, 0.25) is 0 Å². The summed E-state index contributed by atoms with van der Waals surface area (Å²) in [6.07, 6.45) is -0.449. The normalized spacial score (nSPS) is 13.2. The number of carbonyl (C=O) groups is 2. The average molecular weight is 480 g/mol. The molecule has 6 heteroatoms. The lowest BCUT2D eigenvalue weighted by atomic mass is 9.98. The van der Waals surface area contributed by atoms with Crippen molar-refractivity contribution in [1.82, 2.24) is 4.90 Å². The number of hydrogen-bond acceptors (Lipinski definition) is 3. The molecule has 0 bridgehead atoms. The molecule has 0 saturated carbocycles. The van der Waals surface area contributed by atoms with E-state index in [1.54, 1.807) is 0 Å². The first kappa shape index (κ1) is 21.1. The molecule has 0 aromatic heterocycles. The van der Waals surface area contributed by atoms with E-state index in [9.17, 15) is 14.7 Å². The highest BCUT2D eigenvalue weighted by molar-refractivity contribution is 9.10. The first-order valence-corrected chi connectivity index (χ1v) is 10.8. The van der Waals surface area contributed by atoms with Gasteiger partial charge in [0, 0.05) is 23.9 Å². The van der Waals surface area contributed by atoms with Crippen LogP contribution in [0.4, 0.5) is 4.79 Å². The summed E-state index contributed by atoms with van der Waals surface area (Å²) in [5.41, 5.74) is 5.35. The van der Waals surface area contributed by atoms with Crippen LogP contribution in [-0.4, -0.2) is 41.8 Å². The van der Waals surface area contributed by atoms with Crippen molar-refractivity contribution in [3.05, 3.63) is 94.0 Å². The topological polar surface area (TPSA) is 66.8 Å². The molecular weight excluding hydrogens is 458 g/mol. The molecule has 158 valence electrons. The van der Waals surface area contributed by atoms with Crippen LogP contribution < -0.4 is 0 Å². The summed E-state index contributed by atoms with van der Waals surface area (Å²) in [6, 6.07) is 22.5. The number of ether oxygens (including phenoxy) is 1. The van der Waals surface area contributed by atoms with Gasteiger partial charge in [0.05, 0.1) is 0 Å². The highest BCUT2D eigenvalue weighted by atomic mass is 79.9. The van der Waals surface area contributed by atoms with Gasteiger partial charge in [0.25, 0.3) is 0 Å². The number of hydrogen-bond donors (Lipinski definition) is 1. The number of carboxylic acid groups (broad SMARTS) is 1. The van der Waals surface area contributed by atoms with Gasteiger partial charge in [-0.05, 0) is 39.9 Å². The molecule has 0 aliphatic heterocycles. The van der Waals surface area contributed by atoms with E-state index in [2.05, 4.69) is 28.1 Å². The number of nitrogens with zero attached hydrogens (tertiary/aromatic N) is 1. The summed E-state index contributed by atoms with van der Waals surface area (Å²) in [7, 11) is 1.47. The lowest BCUT2D eigenvalue weighted by molar-refractivity contribution is -0.142. The Kier molecular flexibility index (Phi) is 6.09. The van der Waals surface area contributed by atoms with Crippen molar-refractivity contribution in [1.29, 1.82) is 0 Å². The summed E-state index contributed by atoms with van der Waals surface area (Å²) in [5.74, 6) is -1.14. The number of fused-ring (bicyclic) bond motifs is 3. The Morgan fingerprint density at radius 1 is 0.968 bits per heavy atom. The van der Waals surface area contributed by atoms with Crippen LogP contribution in [0.25, 0.3) is 11.1 Å². The van der Waals surface area contributed by atoms with Crippen molar-refractivity contribution < 1.29 is 19.4 Å². The second kappa shape index (κ2) is 8.94. The maximum Gasteiger partial charge on any atom is 0.410 e. The highest BCUT2D eigenvalue weighted by Crippen LogP contribution is 2.44. The van der Waals surface area contributed by atoms with E-state index in [1.165, 1.54) is 7.05 Å². The Hall–Kier alpha value is -3.12. The summed E-state index contributed by atoms with van der Waals surface area (Å²) < 4.78 is 6.52. The largest absolute Gasteiger partial charge is 0.480 e. The summed E-state index contributed by atoms with van der Waals surface area (Å²) in [6.45, 7) is 0.155. The number of likely N-dealkylation sites (N-methyl/N-ethyl adjacent to an activating group) is 1. The standard InChI is InChI=1S/C25H22BrNO4/c1-27(23(24(28)29)14-16-10-12-17(26)13-11-16)25(30)31-15-22-20-8-4-2-6-18(20)19-7-3-5-9-21(19)22/h2-13,22-23H,14-15H2,1H3,(H,28,29)/t23-/m0/s1. The third-order valence-corrected chi connectivity index (χ3v) is 6.25. The van der Waals surface area contributed by atoms with E-state index >= 15 is 0 Å². The Bertz CT molecular complexity index is 1070. The predicted molar refractivity (Wildman–Crippen MR) is 122 cm³/mol. The molecule has 1 N–H and O–H groups in total. The molecule has 3 aromatic carbocycles. The van der Waals surface area contributed by atoms with E-state index in [1.807, 2.05) is 60.7 Å². The minimum absolute atomic E-state index is 0.0699. The van der Waals surface area contributed by atoms with Gasteiger partial charge in [-0.1, -0.05) is 76.6 Å². The lowest BCUT2D eigenvalue weighted by Gasteiger charge is -2.25. The van der Waals surface area contributed by atoms with Crippen LogP contribution in [0.3, 0.4) is 0 Å². The van der Waals surface area contributed by atoms with E-state index < -0.39 is 18.1 Å². The molecule has 1 amide bonds. The highest BCUT2D eigenvalue weighted by Gasteiger charge is 2.32. The van der Waals surface area contributed by atoms with Crippen LogP contribution in [-0.2, 0) is 16.0 Å². The number of rotatable bonds is 6. The van der Waals surface area contributed by atoms with E-state index in [0.717, 1.165) is 37.2 Å². The van der Waals surface area contributed by atoms with Gasteiger partial charge in [0.2, 0.25) is 0 Å². The molecule has 1 atom stereocenters. The smallest absolute Gasteiger partial charge is 0.410 e. The molecule has 0 unspecified atom stereocenters. The molecule has 0 saturated heterocycles. The monoisotopic (exact) mass is 479 g/mol. The van der Waals surface area contributed by atoms with Crippen molar-refractivity contribution in [3.63, 3.8) is 0 Å². The fraction of sp³-hybridized carbons (Fsp3) is 0.200. The average Bonchev–Trinajstić information content (AvgIpc) is 3.10. The second-order valence-electron chi connectivity index (χ2n) is 7.60. The SMILES string of the molecule is CN(C(=O)OCC1c2ccccc2-c2ccccc21)[C@@H](Cc1ccc(Br)cc1)C(=O)O. The lowest BCUT2D eigenvalue weighted by Crippen LogP contribution is -2.44. The minimum Gasteiger partial charge on any atom is -0.480 e. The van der Waals surface area contributed by atoms with Crippen LogP contribution in [0, 0.1) is 0 Å². The van der Waals surface area contributed by atoms with Gasteiger partial charge in [-0.3, -0.25) is 4.90 Å². The van der Waals surface area contributed by atoms with Gasteiger partial charge in [-0.15, -0.1) is 0 Å². The van der Waals surface area contributed by atoms with Crippen LogP contribution in [0.5, 0.6) is 0 Å². The first-order valence-electron chi connectivity index (χ1n) is 10.0. The van der Waals surface area contributed by atoms with Gasteiger partial charge >= 0.3 is 12.1 Å². The molecule has 0 spiro atoms. The molecule has 3 aromatic rings. The second-order valence-corrected chi connectivity index (χ2v) is 8.52. The third-order valence-electron chi connectivity index (χ3n) is 5.72. The maximum absolute atomic E-state index is 12.7. The van der Waals surface area contributed by atoms with Crippen molar-refractivity contribution in [2.45, 2.75) is 18.4 Å². The molecule has 4 rings (SSSR count). The van der Waals surface area contributed by atoms with Crippen LogP contribution in [0.15, 0.2) is 77.3 Å². The fourth-order valence-electron chi connectivity index (χ4n) is 4.06. The van der Waals surface area contributed by atoms with Crippen molar-refractivity contribution in [3.8, 4) is 11.1 Å². The Labute approximate surface area is 189 Å². The quantitative estimate of drug-likeness (QED) is 0.518. The van der Waals surface area contributed by atoms with Crippen molar-refractivity contribution in [2.24, 2.45) is 0 Å². The van der Waals surface area contributed by atoms with E-state index in [4.69, 9.17) is 4.74 Å². The van der Waals surface area contributed by atoms with E-state index in [-0.39, 0.29) is 18.9 Å². The van der Waals surface area contributed by atoms with Gasteiger partial charge in [-0.2, -0.15) is 0 Å². The number of amides is 1. The number of carboxylic acids is 1. The zero-order chi connectivity index (χ0) is 22.0. The van der Waals surface area contributed by atoms with Gasteiger partial charge in [-0.25, -0.2) is 9.59 Å². The molecule has 0 radical (unpaired) electrons. The van der Waals surface area contributed by atoms with Gasteiger partial charge < -0.3 is 9.84 Å². The molecule has 0 fully saturated rings. The number of halogens is 1. The molecule has 0 heterocycles. The zero-order valence-corrected chi connectivity index (χ0v) is 18.6. The van der Waals surface area contributed by atoms with Crippen molar-refractivity contribution in [2.75, 3.05) is 13.7 Å². The summed E-state index contributed by atoms with van der Waals surface area (Å²) in [4.78, 5) is 25.8. The number of benzene rings is 3. The molecule has 1 aliphatic carbocycles. The first-order chi connectivity index (χ1) is 15.0. The zero-order valence-electron chi connectivity index (χ0n) is 17.0. The predicted octanol–water partition coefficient (Wildman–Crippen LogP) is 5.33. The maximum atomic E-state index is 12.7. The fourth-order valence-corrected chi connectivity index (χ4v) is 4.32. The summed E-state index contributed by atoms with van der Waals surface area (Å²) in [5, 5.41) is 9.69. The molecular formula is C25H22BrNO4. The minimum atomic E-state index is -1.07. The van der Waals surface area contributed by atoms with Crippen LogP contribution in [0.1, 0.15) is 22.6 Å². The Balaban J connectivity index is 1.47. The van der Waals surface area contributed by atoms with Crippen molar-refractivity contribution >= 4 is 28.0 Å². The Morgan fingerprint density at radius 3 is 2.06 bits per heavy atom. The molecule has 31 heavy (non-hydrogen) atoms. The van der Waals surface area contributed by atoms with Gasteiger partial charge in [0.15, 0.2) is 0 Å². The van der Waals surface area contributed by atoms with Crippen LogP contribution >= 0.6 is 15.9 Å². The van der Waals surface area contributed by atoms with E-state index in [0.29, 0.717) is 0 Å². The number of carbonyl (C=O) groups excluding carboxylic acids is 1. The number of aliphatic carboxylic acids is 1. The third kappa shape index (κ3) is 4.35. The summed E-state index contributed by atoms with van der Waals surface area (Å²) >= 11 is 3.37.